The minimum atomic E-state index is -1.50. The molecule has 10 heteroatoms. The monoisotopic (exact) mass is 524 g/mol. The maximum atomic E-state index is 15.1. The molecule has 2 aromatic rings. The zero-order valence-corrected chi connectivity index (χ0v) is 21.3. The molecule has 0 bridgehead atoms. The van der Waals surface area contributed by atoms with E-state index in [1.54, 1.807) is 11.0 Å². The Morgan fingerprint density at radius 3 is 2.78 bits per heavy atom. The number of amides is 1. The minimum absolute atomic E-state index is 0.00903. The largest absolute Gasteiger partial charge is 0.508 e. The lowest BCUT2D eigenvalue weighted by molar-refractivity contribution is -0.128. The predicted octanol–water partition coefficient (Wildman–Crippen LogP) is 4.10. The third kappa shape index (κ3) is 3.78. The number of nitrogens with zero attached hydrogens (tertiary/aromatic N) is 4. The number of carbonyl (C=O) groups excluding carboxylic acids is 1. The molecule has 8 nitrogen and oxygen atoms in total. The van der Waals surface area contributed by atoms with Gasteiger partial charge in [-0.15, -0.1) is 0 Å². The van der Waals surface area contributed by atoms with E-state index in [1.807, 2.05) is 18.7 Å². The Balaban J connectivity index is 1.80. The topological polar surface area (TPSA) is 98.8 Å². The van der Waals surface area contributed by atoms with Gasteiger partial charge in [0.25, 0.3) is 5.56 Å². The van der Waals surface area contributed by atoms with Crippen LogP contribution >= 0.6 is 11.6 Å². The van der Waals surface area contributed by atoms with Crippen molar-refractivity contribution in [3.8, 4) is 11.8 Å². The first kappa shape index (κ1) is 24.9. The van der Waals surface area contributed by atoms with Crippen molar-refractivity contribution >= 4 is 39.7 Å². The van der Waals surface area contributed by atoms with Gasteiger partial charge in [-0.3, -0.25) is 9.59 Å². The number of anilines is 1. The molecule has 3 aliphatic rings. The number of alkyl halides is 1. The van der Waals surface area contributed by atoms with Crippen molar-refractivity contribution in [1.82, 2.24) is 9.47 Å². The summed E-state index contributed by atoms with van der Waals surface area (Å²) in [4.78, 5) is 29.6. The van der Waals surface area contributed by atoms with Crippen LogP contribution in [0.2, 0.25) is 5.02 Å². The number of nitriles is 1. The predicted molar refractivity (Wildman–Crippen MR) is 140 cm³/mol. The van der Waals surface area contributed by atoms with Gasteiger partial charge in [-0.1, -0.05) is 24.3 Å². The number of hydrogen-bond donors (Lipinski definition) is 1. The Hall–Kier alpha value is -3.77. The molecule has 1 fully saturated rings. The van der Waals surface area contributed by atoms with Crippen molar-refractivity contribution in [3.05, 3.63) is 63.1 Å². The van der Waals surface area contributed by atoms with E-state index >= 15 is 4.39 Å². The van der Waals surface area contributed by atoms with Crippen LogP contribution < -0.4 is 15.2 Å². The first-order valence-electron chi connectivity index (χ1n) is 12.1. The molecule has 0 saturated carbocycles. The fourth-order valence-electron chi connectivity index (χ4n) is 5.59. The van der Waals surface area contributed by atoms with Crippen molar-refractivity contribution in [2.24, 2.45) is 0 Å². The molecule has 1 aromatic carbocycles. The number of pyridine rings is 1. The second kappa shape index (κ2) is 9.27. The van der Waals surface area contributed by atoms with Crippen molar-refractivity contribution in [2.45, 2.75) is 45.1 Å². The second-order valence-corrected chi connectivity index (χ2v) is 9.96. The lowest BCUT2D eigenvalue weighted by atomic mass is 9.91. The molecule has 5 rings (SSSR count). The first-order chi connectivity index (χ1) is 17.7. The number of aromatic nitrogens is 1. The Morgan fingerprint density at radius 1 is 1.35 bits per heavy atom. The number of benzene rings is 1. The summed E-state index contributed by atoms with van der Waals surface area (Å²) < 4.78 is 22.5. The average Bonchev–Trinajstić information content (AvgIpc) is 2.87. The van der Waals surface area contributed by atoms with Crippen LogP contribution in [0.5, 0.6) is 5.75 Å². The molecule has 3 heterocycles. The summed E-state index contributed by atoms with van der Waals surface area (Å²) in [6.07, 6.45) is 2.80. The van der Waals surface area contributed by atoms with Gasteiger partial charge in [-0.2, -0.15) is 5.26 Å². The second-order valence-electron chi connectivity index (χ2n) is 9.55. The van der Waals surface area contributed by atoms with Gasteiger partial charge in [0, 0.05) is 48.1 Å². The molecular weight excluding hydrogens is 499 g/mol. The first-order valence-corrected chi connectivity index (χ1v) is 12.5. The number of hydrogen-bond acceptors (Lipinski definition) is 6. The molecule has 3 atom stereocenters. The van der Waals surface area contributed by atoms with Crippen LogP contribution in [-0.4, -0.2) is 58.4 Å². The molecule has 1 saturated heterocycles. The van der Waals surface area contributed by atoms with Crippen molar-refractivity contribution in [3.63, 3.8) is 0 Å². The summed E-state index contributed by atoms with van der Waals surface area (Å²) in [5, 5.41) is 21.3. The minimum Gasteiger partial charge on any atom is -0.508 e. The van der Waals surface area contributed by atoms with E-state index in [0.29, 0.717) is 29.7 Å². The third-order valence-electron chi connectivity index (χ3n) is 7.31. The van der Waals surface area contributed by atoms with Gasteiger partial charge in [0.05, 0.1) is 22.8 Å². The molecule has 2 aliphatic heterocycles. The zero-order valence-electron chi connectivity index (χ0n) is 20.5. The van der Waals surface area contributed by atoms with Crippen LogP contribution in [0.1, 0.15) is 31.4 Å². The van der Waals surface area contributed by atoms with E-state index in [4.69, 9.17) is 16.3 Å². The summed E-state index contributed by atoms with van der Waals surface area (Å²) >= 11 is 6.75. The Bertz CT molecular complexity index is 1500. The molecule has 192 valence electrons. The van der Waals surface area contributed by atoms with E-state index < -0.39 is 11.7 Å². The summed E-state index contributed by atoms with van der Waals surface area (Å²) in [7, 11) is 0. The molecule has 0 spiro atoms. The Kier molecular flexibility index (Phi) is 6.24. The van der Waals surface area contributed by atoms with Crippen LogP contribution in [0.15, 0.2) is 41.4 Å². The van der Waals surface area contributed by atoms with Gasteiger partial charge in [0.2, 0.25) is 5.91 Å². The lowest BCUT2D eigenvalue weighted by Gasteiger charge is -2.45. The molecule has 1 unspecified atom stereocenters. The smallest absolute Gasteiger partial charge is 0.271 e. The number of ether oxygens (including phenoxy) is 1. The molecule has 0 radical (unpaired) electrons. The SMILES string of the molecule is C=CC(=O)N1C[C@H](C)N(c2c(C#N)c(=O)n3c4c(c(C5=C(O)C=CCC5F)c(Cl)cc24)OCC3)C[C@H]1C. The highest BCUT2D eigenvalue weighted by atomic mass is 35.5. The van der Waals surface area contributed by atoms with E-state index in [2.05, 4.69) is 12.6 Å². The highest BCUT2D eigenvalue weighted by Gasteiger charge is 2.37. The highest BCUT2D eigenvalue weighted by Crippen LogP contribution is 2.47. The third-order valence-corrected chi connectivity index (χ3v) is 7.61. The van der Waals surface area contributed by atoms with Crippen LogP contribution in [0.25, 0.3) is 16.5 Å². The Labute approximate surface area is 218 Å². The number of halogens is 2. The van der Waals surface area contributed by atoms with Gasteiger partial charge in [0.15, 0.2) is 5.75 Å². The van der Waals surface area contributed by atoms with E-state index in [9.17, 15) is 20.0 Å². The number of rotatable bonds is 3. The lowest BCUT2D eigenvalue weighted by Crippen LogP contribution is -2.58. The van der Waals surface area contributed by atoms with Crippen LogP contribution in [-0.2, 0) is 11.3 Å². The summed E-state index contributed by atoms with van der Waals surface area (Å²) in [5.41, 5.74) is 0.506. The molecule has 1 amide bonds. The molecule has 37 heavy (non-hydrogen) atoms. The van der Waals surface area contributed by atoms with E-state index in [1.165, 1.54) is 22.8 Å². The van der Waals surface area contributed by atoms with Gasteiger partial charge < -0.3 is 24.2 Å². The molecule has 1 aromatic heterocycles. The van der Waals surface area contributed by atoms with Crippen LogP contribution in [0.3, 0.4) is 0 Å². The van der Waals surface area contributed by atoms with E-state index in [-0.39, 0.29) is 70.8 Å². The zero-order chi connectivity index (χ0) is 26.6. The number of aliphatic hydroxyl groups excluding tert-OH is 1. The van der Waals surface area contributed by atoms with Crippen molar-refractivity contribution in [1.29, 1.82) is 5.26 Å². The van der Waals surface area contributed by atoms with Gasteiger partial charge >= 0.3 is 0 Å². The number of aliphatic hydroxyl groups is 1. The maximum absolute atomic E-state index is 15.1. The fourth-order valence-corrected chi connectivity index (χ4v) is 5.89. The quantitative estimate of drug-likeness (QED) is 0.607. The molecule has 1 aliphatic carbocycles. The van der Waals surface area contributed by atoms with Crippen molar-refractivity contribution in [2.75, 3.05) is 24.6 Å². The molecular formula is C27H26ClFN4O4. The number of carbonyl (C=O) groups is 1. The molecule has 1 N–H and O–H groups in total. The summed E-state index contributed by atoms with van der Waals surface area (Å²) in [6.45, 7) is 8.45. The van der Waals surface area contributed by atoms with Crippen molar-refractivity contribution < 1.29 is 19.0 Å². The normalized spacial score (nSPS) is 23.2. The Morgan fingerprint density at radius 2 is 2.11 bits per heavy atom. The number of allylic oxidation sites excluding steroid dienone is 3. The van der Waals surface area contributed by atoms with Crippen LogP contribution in [0, 0.1) is 11.3 Å². The standard InChI is InChI=1S/C27H26ClFN4O4/c1-4-21(35)32-12-15(3)33(13-14(32)2)24-16-10-18(28)22(23-19(29)6-5-7-20(23)34)26-25(16)31(8-9-37-26)27(36)17(24)11-30/h4-5,7,10,14-15,19,34H,1,6,8-9,12-13H2,2-3H3/t14-,15+,19?/m1/s1. The van der Waals surface area contributed by atoms with Gasteiger partial charge in [-0.05, 0) is 32.1 Å². The summed E-state index contributed by atoms with van der Waals surface area (Å²) in [5.74, 6) is -0.233. The average molecular weight is 525 g/mol. The fraction of sp³-hybridized carbons (Fsp3) is 0.370. The number of piperazine rings is 1. The maximum Gasteiger partial charge on any atom is 0.271 e. The summed E-state index contributed by atoms with van der Waals surface area (Å²) in [6, 6.07) is 3.25. The highest BCUT2D eigenvalue weighted by molar-refractivity contribution is 6.34. The van der Waals surface area contributed by atoms with E-state index in [0.717, 1.165) is 0 Å². The van der Waals surface area contributed by atoms with Crippen LogP contribution in [0.4, 0.5) is 10.1 Å². The van der Waals surface area contributed by atoms with Gasteiger partial charge in [0.1, 0.15) is 30.2 Å². The van der Waals surface area contributed by atoms with Gasteiger partial charge in [-0.25, -0.2) is 4.39 Å².